The lowest BCUT2D eigenvalue weighted by Crippen LogP contribution is -2.54. The molecule has 2 unspecified atom stereocenters. The number of hydrogen-bond donors (Lipinski definition) is 1. The van der Waals surface area contributed by atoms with Crippen molar-refractivity contribution in [3.63, 3.8) is 0 Å². The van der Waals surface area contributed by atoms with Crippen molar-refractivity contribution in [2.75, 3.05) is 13.1 Å². The summed E-state index contributed by atoms with van der Waals surface area (Å²) in [6.45, 7) is 6.94. The SMILES string of the molecule is CCCC(C)C(=O)N1CC(C(C)C(=O)O)C1. The largest absolute Gasteiger partial charge is 0.481 e. The molecule has 1 amide bonds. The highest BCUT2D eigenvalue weighted by molar-refractivity contribution is 5.79. The highest BCUT2D eigenvalue weighted by Crippen LogP contribution is 2.26. The molecule has 1 heterocycles. The number of carbonyl (C=O) groups is 2. The van der Waals surface area contributed by atoms with Crippen molar-refractivity contribution in [3.05, 3.63) is 0 Å². The van der Waals surface area contributed by atoms with E-state index in [1.807, 2.05) is 6.92 Å². The lowest BCUT2D eigenvalue weighted by Gasteiger charge is -2.42. The first-order valence-corrected chi connectivity index (χ1v) is 5.99. The molecule has 0 aromatic rings. The molecule has 0 saturated carbocycles. The standard InChI is InChI=1S/C12H21NO3/c1-4-5-8(2)11(14)13-6-10(7-13)9(3)12(15)16/h8-10H,4-7H2,1-3H3,(H,15,16). The van der Waals surface area contributed by atoms with E-state index in [9.17, 15) is 9.59 Å². The van der Waals surface area contributed by atoms with E-state index in [2.05, 4.69) is 6.92 Å². The zero-order valence-corrected chi connectivity index (χ0v) is 10.3. The molecule has 16 heavy (non-hydrogen) atoms. The Hall–Kier alpha value is -1.06. The number of amides is 1. The summed E-state index contributed by atoms with van der Waals surface area (Å²) in [4.78, 5) is 24.4. The average molecular weight is 227 g/mol. The molecule has 0 aromatic heterocycles. The van der Waals surface area contributed by atoms with Gasteiger partial charge < -0.3 is 10.0 Å². The Morgan fingerprint density at radius 1 is 1.38 bits per heavy atom. The van der Waals surface area contributed by atoms with Crippen LogP contribution in [0.4, 0.5) is 0 Å². The summed E-state index contributed by atoms with van der Waals surface area (Å²) >= 11 is 0. The fraction of sp³-hybridized carbons (Fsp3) is 0.833. The number of carbonyl (C=O) groups excluding carboxylic acids is 1. The van der Waals surface area contributed by atoms with Crippen molar-refractivity contribution in [3.8, 4) is 0 Å². The first-order chi connectivity index (χ1) is 7.47. The van der Waals surface area contributed by atoms with E-state index in [0.717, 1.165) is 12.8 Å². The third-order valence-corrected chi connectivity index (χ3v) is 3.46. The maximum atomic E-state index is 11.8. The summed E-state index contributed by atoms with van der Waals surface area (Å²) < 4.78 is 0. The summed E-state index contributed by atoms with van der Waals surface area (Å²) in [7, 11) is 0. The van der Waals surface area contributed by atoms with Crippen LogP contribution >= 0.6 is 0 Å². The van der Waals surface area contributed by atoms with Crippen LogP contribution in [0.15, 0.2) is 0 Å². The van der Waals surface area contributed by atoms with Crippen molar-refractivity contribution in [1.82, 2.24) is 4.90 Å². The zero-order valence-electron chi connectivity index (χ0n) is 10.3. The average Bonchev–Trinajstić information content (AvgIpc) is 2.15. The quantitative estimate of drug-likeness (QED) is 0.776. The second-order valence-corrected chi connectivity index (χ2v) is 4.82. The van der Waals surface area contributed by atoms with Gasteiger partial charge in [-0.1, -0.05) is 27.2 Å². The monoisotopic (exact) mass is 227 g/mol. The van der Waals surface area contributed by atoms with Gasteiger partial charge in [-0.25, -0.2) is 0 Å². The fourth-order valence-electron chi connectivity index (χ4n) is 2.08. The molecular formula is C12H21NO3. The molecule has 1 aliphatic rings. The minimum Gasteiger partial charge on any atom is -0.481 e. The number of hydrogen-bond acceptors (Lipinski definition) is 2. The topological polar surface area (TPSA) is 57.6 Å². The molecule has 4 heteroatoms. The fourth-order valence-corrected chi connectivity index (χ4v) is 2.08. The van der Waals surface area contributed by atoms with Gasteiger partial charge in [-0.2, -0.15) is 0 Å². The van der Waals surface area contributed by atoms with Crippen LogP contribution in [0.5, 0.6) is 0 Å². The zero-order chi connectivity index (χ0) is 12.3. The molecule has 4 nitrogen and oxygen atoms in total. The summed E-state index contributed by atoms with van der Waals surface area (Å²) in [5, 5.41) is 8.83. The summed E-state index contributed by atoms with van der Waals surface area (Å²) in [6, 6.07) is 0. The third kappa shape index (κ3) is 2.74. The molecule has 1 saturated heterocycles. The molecule has 2 atom stereocenters. The van der Waals surface area contributed by atoms with Gasteiger partial charge in [0.05, 0.1) is 5.92 Å². The van der Waals surface area contributed by atoms with Gasteiger partial charge in [0.15, 0.2) is 0 Å². The van der Waals surface area contributed by atoms with Gasteiger partial charge in [0.1, 0.15) is 0 Å². The Morgan fingerprint density at radius 3 is 2.38 bits per heavy atom. The van der Waals surface area contributed by atoms with E-state index >= 15 is 0 Å². The minimum atomic E-state index is -0.765. The second-order valence-electron chi connectivity index (χ2n) is 4.82. The molecule has 0 aromatic carbocycles. The number of carboxylic acid groups (broad SMARTS) is 1. The van der Waals surface area contributed by atoms with Crippen molar-refractivity contribution in [2.45, 2.75) is 33.6 Å². The van der Waals surface area contributed by atoms with E-state index in [-0.39, 0.29) is 23.7 Å². The van der Waals surface area contributed by atoms with Gasteiger partial charge in [-0.05, 0) is 6.42 Å². The number of rotatable bonds is 5. The smallest absolute Gasteiger partial charge is 0.306 e. The van der Waals surface area contributed by atoms with Gasteiger partial charge in [0.2, 0.25) is 5.91 Å². The molecule has 1 rings (SSSR count). The van der Waals surface area contributed by atoms with E-state index in [1.54, 1.807) is 11.8 Å². The molecule has 0 spiro atoms. The third-order valence-electron chi connectivity index (χ3n) is 3.46. The van der Waals surface area contributed by atoms with E-state index < -0.39 is 5.97 Å². The Kier molecular flexibility index (Phi) is 4.33. The minimum absolute atomic E-state index is 0.0751. The number of nitrogens with zero attached hydrogens (tertiary/aromatic N) is 1. The van der Waals surface area contributed by atoms with Crippen LogP contribution < -0.4 is 0 Å². The van der Waals surface area contributed by atoms with Gasteiger partial charge in [0.25, 0.3) is 0 Å². The van der Waals surface area contributed by atoms with Crippen LogP contribution in [0.25, 0.3) is 0 Å². The van der Waals surface area contributed by atoms with Crippen LogP contribution in [0.1, 0.15) is 33.6 Å². The maximum absolute atomic E-state index is 11.8. The highest BCUT2D eigenvalue weighted by atomic mass is 16.4. The van der Waals surface area contributed by atoms with Gasteiger partial charge >= 0.3 is 5.97 Å². The Bertz CT molecular complexity index is 271. The number of aliphatic carboxylic acids is 1. The van der Waals surface area contributed by atoms with Crippen molar-refractivity contribution >= 4 is 11.9 Å². The molecule has 0 bridgehead atoms. The highest BCUT2D eigenvalue weighted by Gasteiger charge is 2.38. The van der Waals surface area contributed by atoms with E-state index in [1.165, 1.54) is 0 Å². The molecule has 1 aliphatic heterocycles. The second kappa shape index (κ2) is 5.32. The molecule has 0 radical (unpaired) electrons. The Balaban J connectivity index is 2.35. The van der Waals surface area contributed by atoms with E-state index in [4.69, 9.17) is 5.11 Å². The number of carboxylic acids is 1. The van der Waals surface area contributed by atoms with Crippen LogP contribution in [0.3, 0.4) is 0 Å². The number of likely N-dealkylation sites (tertiary alicyclic amines) is 1. The molecular weight excluding hydrogens is 206 g/mol. The molecule has 92 valence electrons. The lowest BCUT2D eigenvalue weighted by molar-refractivity contribution is -0.152. The van der Waals surface area contributed by atoms with Crippen LogP contribution in [-0.4, -0.2) is 35.0 Å². The molecule has 1 N–H and O–H groups in total. The predicted octanol–water partition coefficient (Wildman–Crippen LogP) is 1.60. The summed E-state index contributed by atoms with van der Waals surface area (Å²) in [5.74, 6) is -0.721. The van der Waals surface area contributed by atoms with Crippen molar-refractivity contribution < 1.29 is 14.7 Å². The van der Waals surface area contributed by atoms with Crippen molar-refractivity contribution in [2.24, 2.45) is 17.8 Å². The van der Waals surface area contributed by atoms with Crippen LogP contribution in [-0.2, 0) is 9.59 Å². The van der Waals surface area contributed by atoms with Gasteiger partial charge in [0, 0.05) is 24.9 Å². The van der Waals surface area contributed by atoms with E-state index in [0.29, 0.717) is 13.1 Å². The van der Waals surface area contributed by atoms with Gasteiger partial charge in [-0.15, -0.1) is 0 Å². The summed E-state index contributed by atoms with van der Waals surface area (Å²) in [6.07, 6.45) is 1.92. The summed E-state index contributed by atoms with van der Waals surface area (Å²) in [5.41, 5.74) is 0. The molecule has 0 aliphatic carbocycles. The first kappa shape index (κ1) is 13.0. The normalized spacial score (nSPS) is 20.1. The Labute approximate surface area is 96.6 Å². The van der Waals surface area contributed by atoms with Gasteiger partial charge in [-0.3, -0.25) is 9.59 Å². The predicted molar refractivity (Wildman–Crippen MR) is 60.9 cm³/mol. The van der Waals surface area contributed by atoms with Crippen LogP contribution in [0, 0.1) is 17.8 Å². The maximum Gasteiger partial charge on any atom is 0.306 e. The Morgan fingerprint density at radius 2 is 1.94 bits per heavy atom. The lowest BCUT2D eigenvalue weighted by atomic mass is 9.86. The van der Waals surface area contributed by atoms with Crippen molar-refractivity contribution in [1.29, 1.82) is 0 Å². The first-order valence-electron chi connectivity index (χ1n) is 5.99. The molecule has 1 fully saturated rings. The van der Waals surface area contributed by atoms with Crippen LogP contribution in [0.2, 0.25) is 0 Å².